The summed E-state index contributed by atoms with van der Waals surface area (Å²) in [4.78, 5) is 35.0. The molecular formula is C16H18N4O2. The van der Waals surface area contributed by atoms with Crippen LogP contribution >= 0.6 is 0 Å². The van der Waals surface area contributed by atoms with Crippen molar-refractivity contribution in [2.24, 2.45) is 0 Å². The van der Waals surface area contributed by atoms with Crippen LogP contribution < -0.4 is 5.56 Å². The van der Waals surface area contributed by atoms with Gasteiger partial charge in [-0.2, -0.15) is 0 Å². The Kier molecular flexibility index (Phi) is 3.66. The Hall–Kier alpha value is -2.63. The van der Waals surface area contributed by atoms with Gasteiger partial charge in [-0.25, -0.2) is 9.78 Å². The summed E-state index contributed by atoms with van der Waals surface area (Å²) in [5.41, 5.74) is 2.08. The van der Waals surface area contributed by atoms with E-state index in [2.05, 4.69) is 9.97 Å². The summed E-state index contributed by atoms with van der Waals surface area (Å²) in [5, 5.41) is 0. The summed E-state index contributed by atoms with van der Waals surface area (Å²) >= 11 is 0. The Bertz CT molecular complexity index is 752. The molecule has 0 spiro atoms. The van der Waals surface area contributed by atoms with Crippen molar-refractivity contribution in [2.45, 2.75) is 13.0 Å². The van der Waals surface area contributed by atoms with Gasteiger partial charge in [0.2, 0.25) is 0 Å². The number of urea groups is 1. The molecule has 0 saturated heterocycles. The molecule has 0 aliphatic carbocycles. The monoisotopic (exact) mass is 298 g/mol. The Morgan fingerprint density at radius 3 is 2.68 bits per heavy atom. The zero-order valence-electron chi connectivity index (χ0n) is 12.7. The van der Waals surface area contributed by atoms with Crippen molar-refractivity contribution in [1.82, 2.24) is 19.8 Å². The van der Waals surface area contributed by atoms with Gasteiger partial charge in [0.25, 0.3) is 5.56 Å². The van der Waals surface area contributed by atoms with Crippen LogP contribution in [0.25, 0.3) is 11.4 Å². The molecule has 0 radical (unpaired) electrons. The average molecular weight is 298 g/mol. The number of amides is 2. The van der Waals surface area contributed by atoms with Crippen LogP contribution in [0.3, 0.4) is 0 Å². The van der Waals surface area contributed by atoms with Gasteiger partial charge >= 0.3 is 6.03 Å². The van der Waals surface area contributed by atoms with Gasteiger partial charge in [0.05, 0.1) is 17.8 Å². The van der Waals surface area contributed by atoms with Gasteiger partial charge in [0, 0.05) is 32.6 Å². The number of aromatic amines is 1. The molecule has 22 heavy (non-hydrogen) atoms. The molecule has 0 bridgehead atoms. The summed E-state index contributed by atoms with van der Waals surface area (Å²) in [6, 6.07) is 9.48. The molecule has 1 N–H and O–H groups in total. The molecule has 2 heterocycles. The number of fused-ring (bicyclic) bond motifs is 1. The Morgan fingerprint density at radius 1 is 1.27 bits per heavy atom. The van der Waals surface area contributed by atoms with Gasteiger partial charge < -0.3 is 14.8 Å². The first-order valence-corrected chi connectivity index (χ1v) is 7.20. The number of aromatic nitrogens is 2. The number of rotatable bonds is 1. The number of hydrogen-bond donors (Lipinski definition) is 1. The number of H-pyrrole nitrogens is 1. The number of benzene rings is 1. The SMILES string of the molecule is CN(C)C(=O)N1CCc2nc(-c3ccccc3)[nH]c(=O)c2C1. The fourth-order valence-corrected chi connectivity index (χ4v) is 2.60. The minimum atomic E-state index is -0.167. The lowest BCUT2D eigenvalue weighted by Crippen LogP contribution is -2.44. The van der Waals surface area contributed by atoms with Gasteiger partial charge in [-0.15, -0.1) is 0 Å². The summed E-state index contributed by atoms with van der Waals surface area (Å²) in [5.74, 6) is 0.580. The summed E-state index contributed by atoms with van der Waals surface area (Å²) in [6.45, 7) is 0.887. The maximum absolute atomic E-state index is 12.3. The van der Waals surface area contributed by atoms with E-state index in [0.717, 1.165) is 11.3 Å². The molecule has 3 rings (SSSR count). The van der Waals surface area contributed by atoms with Crippen LogP contribution in [0.15, 0.2) is 35.1 Å². The Balaban J connectivity index is 1.95. The highest BCUT2D eigenvalue weighted by molar-refractivity contribution is 5.74. The van der Waals surface area contributed by atoms with Crippen molar-refractivity contribution in [3.8, 4) is 11.4 Å². The zero-order chi connectivity index (χ0) is 15.7. The molecule has 0 unspecified atom stereocenters. The molecule has 2 aromatic rings. The third-order valence-electron chi connectivity index (χ3n) is 3.77. The molecule has 0 atom stereocenters. The lowest BCUT2D eigenvalue weighted by atomic mass is 10.1. The molecule has 1 aliphatic heterocycles. The summed E-state index contributed by atoms with van der Waals surface area (Å²) in [6.07, 6.45) is 0.596. The van der Waals surface area contributed by atoms with Gasteiger partial charge in [-0.05, 0) is 0 Å². The average Bonchev–Trinajstić information content (AvgIpc) is 2.54. The van der Waals surface area contributed by atoms with E-state index in [1.807, 2.05) is 30.3 Å². The normalized spacial score (nSPS) is 13.6. The van der Waals surface area contributed by atoms with Crippen LogP contribution in [-0.4, -0.2) is 46.4 Å². The van der Waals surface area contributed by atoms with E-state index in [0.29, 0.717) is 30.9 Å². The third kappa shape index (κ3) is 2.59. The number of hydrogen-bond acceptors (Lipinski definition) is 3. The van der Waals surface area contributed by atoms with Crippen LogP contribution in [0, 0.1) is 0 Å². The van der Waals surface area contributed by atoms with E-state index in [-0.39, 0.29) is 11.6 Å². The molecular weight excluding hydrogens is 280 g/mol. The van der Waals surface area contributed by atoms with Crippen LogP contribution in [-0.2, 0) is 13.0 Å². The lowest BCUT2D eigenvalue weighted by Gasteiger charge is -2.30. The molecule has 6 nitrogen and oxygen atoms in total. The maximum atomic E-state index is 12.3. The molecule has 0 fully saturated rings. The second kappa shape index (κ2) is 5.63. The fourth-order valence-electron chi connectivity index (χ4n) is 2.60. The van der Waals surface area contributed by atoms with Crippen molar-refractivity contribution in [3.63, 3.8) is 0 Å². The summed E-state index contributed by atoms with van der Waals surface area (Å²) in [7, 11) is 3.41. The minimum absolute atomic E-state index is 0.0859. The number of carbonyl (C=O) groups is 1. The van der Waals surface area contributed by atoms with Crippen LogP contribution in [0.5, 0.6) is 0 Å². The summed E-state index contributed by atoms with van der Waals surface area (Å²) < 4.78 is 0. The van der Waals surface area contributed by atoms with E-state index < -0.39 is 0 Å². The lowest BCUT2D eigenvalue weighted by molar-refractivity contribution is 0.165. The van der Waals surface area contributed by atoms with Crippen molar-refractivity contribution >= 4 is 6.03 Å². The molecule has 2 amide bonds. The van der Waals surface area contributed by atoms with Gasteiger partial charge in [0.15, 0.2) is 0 Å². The van der Waals surface area contributed by atoms with E-state index in [1.54, 1.807) is 19.0 Å². The second-order valence-electron chi connectivity index (χ2n) is 5.55. The predicted molar refractivity (Wildman–Crippen MR) is 83.5 cm³/mol. The Labute approximate surface area is 128 Å². The van der Waals surface area contributed by atoms with Gasteiger partial charge in [-0.3, -0.25) is 4.79 Å². The topological polar surface area (TPSA) is 69.3 Å². The first-order valence-electron chi connectivity index (χ1n) is 7.20. The highest BCUT2D eigenvalue weighted by Gasteiger charge is 2.25. The number of nitrogens with zero attached hydrogens (tertiary/aromatic N) is 3. The van der Waals surface area contributed by atoms with E-state index in [9.17, 15) is 9.59 Å². The van der Waals surface area contributed by atoms with Crippen molar-refractivity contribution < 1.29 is 4.79 Å². The Morgan fingerprint density at radius 2 is 2.00 bits per heavy atom. The first kappa shape index (κ1) is 14.3. The van der Waals surface area contributed by atoms with Crippen molar-refractivity contribution in [1.29, 1.82) is 0 Å². The standard InChI is InChI=1S/C16H18N4O2/c1-19(2)16(22)20-9-8-13-12(10-20)15(21)18-14(17-13)11-6-4-3-5-7-11/h3-7H,8-10H2,1-2H3,(H,17,18,21). The third-order valence-corrected chi connectivity index (χ3v) is 3.77. The van der Waals surface area contributed by atoms with Crippen LogP contribution in [0.2, 0.25) is 0 Å². The molecule has 1 aromatic heterocycles. The number of nitrogens with one attached hydrogen (secondary N) is 1. The molecule has 114 valence electrons. The molecule has 1 aliphatic rings. The van der Waals surface area contributed by atoms with E-state index in [1.165, 1.54) is 4.90 Å². The quantitative estimate of drug-likeness (QED) is 0.867. The van der Waals surface area contributed by atoms with Gasteiger partial charge in [-0.1, -0.05) is 30.3 Å². The predicted octanol–water partition coefficient (Wildman–Crippen LogP) is 1.48. The molecule has 1 aromatic carbocycles. The zero-order valence-corrected chi connectivity index (χ0v) is 12.7. The first-order chi connectivity index (χ1) is 10.6. The second-order valence-corrected chi connectivity index (χ2v) is 5.55. The van der Waals surface area contributed by atoms with Crippen molar-refractivity contribution in [3.05, 3.63) is 51.9 Å². The minimum Gasteiger partial charge on any atom is -0.331 e. The smallest absolute Gasteiger partial charge is 0.319 e. The number of carbonyl (C=O) groups excluding carboxylic acids is 1. The molecule has 6 heteroatoms. The maximum Gasteiger partial charge on any atom is 0.319 e. The highest BCUT2D eigenvalue weighted by Crippen LogP contribution is 2.18. The fraction of sp³-hybridized carbons (Fsp3) is 0.312. The van der Waals surface area contributed by atoms with E-state index >= 15 is 0 Å². The van der Waals surface area contributed by atoms with Crippen LogP contribution in [0.4, 0.5) is 4.79 Å². The highest BCUT2D eigenvalue weighted by atomic mass is 16.2. The van der Waals surface area contributed by atoms with E-state index in [4.69, 9.17) is 0 Å². The largest absolute Gasteiger partial charge is 0.331 e. The van der Waals surface area contributed by atoms with Crippen molar-refractivity contribution in [2.75, 3.05) is 20.6 Å². The van der Waals surface area contributed by atoms with Crippen LogP contribution in [0.1, 0.15) is 11.3 Å². The van der Waals surface area contributed by atoms with Gasteiger partial charge in [0.1, 0.15) is 5.82 Å². The molecule has 0 saturated carbocycles.